The molecule has 41 heavy (non-hydrogen) atoms. The van der Waals surface area contributed by atoms with Crippen molar-refractivity contribution in [1.29, 1.82) is 0 Å². The molecule has 0 saturated heterocycles. The fourth-order valence-electron chi connectivity index (χ4n) is 4.15. The average Bonchev–Trinajstić information content (AvgIpc) is 2.97. The average molecular weight is 599 g/mol. The van der Waals surface area contributed by atoms with Crippen molar-refractivity contribution in [2.45, 2.75) is 46.5 Å². The Morgan fingerprint density at radius 1 is 0.805 bits per heavy atom. The van der Waals surface area contributed by atoms with Gasteiger partial charge < -0.3 is 14.6 Å². The predicted molar refractivity (Wildman–Crippen MR) is 158 cm³/mol. The summed E-state index contributed by atoms with van der Waals surface area (Å²) in [5.74, 6) is -0.998. The van der Waals surface area contributed by atoms with Gasteiger partial charge in [-0.05, 0) is 54.2 Å². The zero-order chi connectivity index (χ0) is 29.2. The summed E-state index contributed by atoms with van der Waals surface area (Å²) >= 11 is 0. The van der Waals surface area contributed by atoms with Gasteiger partial charge in [-0.25, -0.2) is 4.98 Å². The molecule has 1 aromatic heterocycles. The second-order valence-corrected chi connectivity index (χ2v) is 9.91. The number of ether oxygens (including phenoxy) is 1. The number of hydrogen-bond donors (Lipinski definition) is 0. The van der Waals surface area contributed by atoms with Gasteiger partial charge in [0.1, 0.15) is 11.7 Å². The van der Waals surface area contributed by atoms with Crippen molar-refractivity contribution in [3.63, 3.8) is 0 Å². The molecule has 7 heteroatoms. The first kappa shape index (κ1) is 33.1. The van der Waals surface area contributed by atoms with Gasteiger partial charge in [-0.2, -0.15) is 0 Å². The first-order valence-corrected chi connectivity index (χ1v) is 13.2. The molecule has 216 valence electrons. The van der Waals surface area contributed by atoms with E-state index in [-0.39, 0.29) is 22.6 Å². The standard InChI is InChI=1S/C26H30N2O.C8H6O3.Cu/c1-17(2)22-12-8-13-23(18(3)4)26(22)27-19(5)24-14-9-15-25(28-24)20-10-7-11-21(16-20)29-6;9-7(8(10)11)6-4-2-1-3-5-6;/h7-18H,1-6H3;1-5H,(H,10,11);/q;;+1/p-1. The number of ketones is 1. The molecule has 6 nitrogen and oxygen atoms in total. The van der Waals surface area contributed by atoms with Crippen LogP contribution in [0.15, 0.2) is 96.0 Å². The third kappa shape index (κ3) is 8.97. The zero-order valence-electron chi connectivity index (χ0n) is 24.1. The largest absolute Gasteiger partial charge is 1.00 e. The van der Waals surface area contributed by atoms with Crippen LogP contribution in [-0.4, -0.2) is 29.6 Å². The van der Waals surface area contributed by atoms with Crippen LogP contribution in [-0.2, 0) is 21.9 Å². The molecular formula is C34H35CuN2O4. The number of rotatable bonds is 8. The number of nitrogens with zero attached hydrogens (tertiary/aromatic N) is 2. The summed E-state index contributed by atoms with van der Waals surface area (Å²) in [6, 6.07) is 28.3. The van der Waals surface area contributed by atoms with Gasteiger partial charge in [0.05, 0.1) is 29.9 Å². The number of carboxylic acid groups (broad SMARTS) is 1. The third-order valence-electron chi connectivity index (χ3n) is 6.33. The molecule has 4 aromatic rings. The van der Waals surface area contributed by atoms with Gasteiger partial charge >= 0.3 is 17.1 Å². The maximum absolute atomic E-state index is 10.7. The number of methoxy groups -OCH3 is 1. The van der Waals surface area contributed by atoms with Crippen molar-refractivity contribution < 1.29 is 36.5 Å². The maximum atomic E-state index is 10.7. The van der Waals surface area contributed by atoms with Crippen LogP contribution in [0.25, 0.3) is 11.3 Å². The van der Waals surface area contributed by atoms with Gasteiger partial charge in [-0.1, -0.05) is 94.4 Å². The summed E-state index contributed by atoms with van der Waals surface area (Å²) in [7, 11) is 1.68. The number of carbonyl (C=O) groups excluding carboxylic acids is 2. The number of para-hydroxylation sites is 1. The molecule has 0 radical (unpaired) electrons. The van der Waals surface area contributed by atoms with Crippen molar-refractivity contribution in [2.75, 3.05) is 7.11 Å². The first-order chi connectivity index (χ1) is 19.1. The van der Waals surface area contributed by atoms with Gasteiger partial charge in [0.25, 0.3) is 0 Å². The fourth-order valence-corrected chi connectivity index (χ4v) is 4.15. The second-order valence-electron chi connectivity index (χ2n) is 9.91. The molecule has 0 saturated carbocycles. The van der Waals surface area contributed by atoms with Gasteiger partial charge in [0.15, 0.2) is 0 Å². The number of pyridine rings is 1. The molecule has 0 atom stereocenters. The van der Waals surface area contributed by atoms with Crippen LogP contribution < -0.4 is 9.84 Å². The van der Waals surface area contributed by atoms with Crippen LogP contribution in [0, 0.1) is 0 Å². The number of carboxylic acids is 1. The summed E-state index contributed by atoms with van der Waals surface area (Å²) in [6.07, 6.45) is 0. The Balaban J connectivity index is 0.000000413. The molecule has 4 rings (SSSR count). The van der Waals surface area contributed by atoms with E-state index in [1.807, 2.05) is 49.4 Å². The summed E-state index contributed by atoms with van der Waals surface area (Å²) in [5.41, 5.74) is 7.54. The number of aromatic nitrogens is 1. The van der Waals surface area contributed by atoms with Crippen LogP contribution >= 0.6 is 0 Å². The predicted octanol–water partition coefficient (Wildman–Crippen LogP) is 6.76. The minimum Gasteiger partial charge on any atom is -0.541 e. The number of Topliss-reactive ketones (excluding diaryl/α,β-unsaturated/α-hetero) is 1. The molecule has 0 aliphatic rings. The van der Waals surface area contributed by atoms with Crippen molar-refractivity contribution in [1.82, 2.24) is 4.98 Å². The minimum atomic E-state index is -1.67. The third-order valence-corrected chi connectivity index (χ3v) is 6.33. The Bertz CT molecular complexity index is 1470. The monoisotopic (exact) mass is 598 g/mol. The molecule has 0 bridgehead atoms. The Labute approximate surface area is 253 Å². The van der Waals surface area contributed by atoms with Crippen LogP contribution in [0.1, 0.15) is 73.6 Å². The Hall–Kier alpha value is -4.06. The van der Waals surface area contributed by atoms with Crippen LogP contribution in [0.3, 0.4) is 0 Å². The second kappa shape index (κ2) is 15.7. The van der Waals surface area contributed by atoms with Crippen LogP contribution in [0.2, 0.25) is 0 Å². The van der Waals surface area contributed by atoms with Gasteiger partial charge in [0, 0.05) is 11.1 Å². The molecule has 0 amide bonds. The van der Waals surface area contributed by atoms with Crippen LogP contribution in [0.4, 0.5) is 5.69 Å². The number of aliphatic imine (C=N–C) groups is 1. The first-order valence-electron chi connectivity index (χ1n) is 13.2. The molecule has 1 heterocycles. The molecule has 0 fully saturated rings. The van der Waals surface area contributed by atoms with E-state index in [2.05, 4.69) is 45.9 Å². The van der Waals surface area contributed by atoms with E-state index in [9.17, 15) is 14.7 Å². The van der Waals surface area contributed by atoms with Crippen molar-refractivity contribution >= 4 is 23.2 Å². The van der Waals surface area contributed by atoms with Crippen molar-refractivity contribution in [2.24, 2.45) is 4.99 Å². The molecule has 0 unspecified atom stereocenters. The van der Waals surface area contributed by atoms with Gasteiger partial charge in [0.2, 0.25) is 5.78 Å². The van der Waals surface area contributed by atoms with Crippen molar-refractivity contribution in [3.8, 4) is 17.0 Å². The SMILES string of the molecule is COc1cccc(-c2cccc(C(C)=Nc3c(C(C)C)cccc3C(C)C)n2)c1.O=C([O-])C(=O)c1ccccc1.[Cu+]. The molecule has 0 aliphatic heterocycles. The van der Waals surface area contributed by atoms with E-state index >= 15 is 0 Å². The van der Waals surface area contributed by atoms with Gasteiger partial charge in [-0.3, -0.25) is 9.79 Å². The summed E-state index contributed by atoms with van der Waals surface area (Å²) in [4.78, 5) is 30.7. The van der Waals surface area contributed by atoms with E-state index in [0.717, 1.165) is 34.1 Å². The quantitative estimate of drug-likeness (QED) is 0.0967. The number of hydrogen-bond acceptors (Lipinski definition) is 6. The fraction of sp³-hybridized carbons (Fsp3) is 0.235. The van der Waals surface area contributed by atoms with E-state index in [4.69, 9.17) is 14.7 Å². The normalized spacial score (nSPS) is 10.9. The molecule has 3 aromatic carbocycles. The van der Waals surface area contributed by atoms with Gasteiger partial charge in [-0.15, -0.1) is 0 Å². The smallest absolute Gasteiger partial charge is 0.541 e. The van der Waals surface area contributed by atoms with E-state index < -0.39 is 11.8 Å². The molecule has 0 N–H and O–H groups in total. The Morgan fingerprint density at radius 2 is 1.39 bits per heavy atom. The van der Waals surface area contributed by atoms with E-state index in [1.54, 1.807) is 25.3 Å². The number of aliphatic carboxylic acids is 1. The van der Waals surface area contributed by atoms with Crippen molar-refractivity contribution in [3.05, 3.63) is 113 Å². The summed E-state index contributed by atoms with van der Waals surface area (Å²) in [6.45, 7) is 10.9. The van der Waals surface area contributed by atoms with E-state index in [1.165, 1.54) is 23.3 Å². The molecule has 0 aliphatic carbocycles. The molecular weight excluding hydrogens is 564 g/mol. The Kier molecular flexibility index (Phi) is 12.7. The van der Waals surface area contributed by atoms with Crippen LogP contribution in [0.5, 0.6) is 5.75 Å². The summed E-state index contributed by atoms with van der Waals surface area (Å²) in [5, 5.41) is 10.0. The zero-order valence-corrected chi connectivity index (χ0v) is 25.1. The maximum Gasteiger partial charge on any atom is 1.00 e. The molecule has 0 spiro atoms. The van der Waals surface area contributed by atoms with E-state index in [0.29, 0.717) is 11.8 Å². The topological polar surface area (TPSA) is 91.7 Å². The minimum absolute atomic E-state index is 0. The summed E-state index contributed by atoms with van der Waals surface area (Å²) < 4.78 is 5.35. The number of carbonyl (C=O) groups is 2. The Morgan fingerprint density at radius 3 is 1.95 bits per heavy atom. The number of benzene rings is 3.